The van der Waals surface area contributed by atoms with Crippen molar-refractivity contribution in [2.45, 2.75) is 37.9 Å². The van der Waals surface area contributed by atoms with Crippen LogP contribution in [0.4, 0.5) is 0 Å². The summed E-state index contributed by atoms with van der Waals surface area (Å²) in [6, 6.07) is 22.0. The number of aromatic amines is 1. The second-order valence-corrected chi connectivity index (χ2v) is 10.8. The van der Waals surface area contributed by atoms with Gasteiger partial charge in [-0.3, -0.25) is 14.4 Å². The number of H-pyrrole nitrogens is 1. The Bertz CT molecular complexity index is 1840. The van der Waals surface area contributed by atoms with Crippen LogP contribution < -0.4 is 21.7 Å². The van der Waals surface area contributed by atoms with E-state index in [0.29, 0.717) is 11.4 Å². The van der Waals surface area contributed by atoms with Gasteiger partial charge in [0.1, 0.15) is 12.1 Å². The molecule has 0 aliphatic heterocycles. The summed E-state index contributed by atoms with van der Waals surface area (Å²) in [6.45, 7) is 1.17. The van der Waals surface area contributed by atoms with E-state index in [9.17, 15) is 24.3 Å². The zero-order chi connectivity index (χ0) is 32.6. The van der Waals surface area contributed by atoms with E-state index in [1.54, 1.807) is 61.7 Å². The van der Waals surface area contributed by atoms with E-state index in [1.807, 2.05) is 36.4 Å². The van der Waals surface area contributed by atoms with Gasteiger partial charge in [0, 0.05) is 30.1 Å². The number of hydrogen-bond donors (Lipinski definition) is 6. The highest BCUT2D eigenvalue weighted by Crippen LogP contribution is 2.19. The largest absolute Gasteiger partial charge is 0.480 e. The fourth-order valence-corrected chi connectivity index (χ4v) is 4.98. The normalized spacial score (nSPS) is 13.0. The molecule has 3 atom stereocenters. The molecule has 2 heterocycles. The molecular weight excluding hydrogens is 588 g/mol. The molecule has 13 heteroatoms. The Kier molecular flexibility index (Phi) is 9.83. The number of fused-ring (bicyclic) bond motifs is 1. The number of aryl methyl sites for hydroxylation is 1. The van der Waals surface area contributed by atoms with Gasteiger partial charge < -0.3 is 31.8 Å². The Labute approximate surface area is 264 Å². The number of aromatic nitrogens is 4. The molecule has 46 heavy (non-hydrogen) atoms. The van der Waals surface area contributed by atoms with E-state index in [1.165, 1.54) is 4.80 Å². The van der Waals surface area contributed by atoms with Crippen LogP contribution in [0.15, 0.2) is 91.1 Å². The van der Waals surface area contributed by atoms with Crippen LogP contribution in [0.5, 0.6) is 0 Å². The number of carboxylic acids is 1. The molecule has 236 valence electrons. The van der Waals surface area contributed by atoms with E-state index in [0.717, 1.165) is 22.0 Å². The van der Waals surface area contributed by atoms with Gasteiger partial charge in [-0.1, -0.05) is 66.7 Å². The molecule has 5 aromatic rings. The van der Waals surface area contributed by atoms with Gasteiger partial charge in [-0.05, 0) is 42.7 Å². The van der Waals surface area contributed by atoms with Crippen LogP contribution in [0.1, 0.15) is 27.3 Å². The Hall–Kier alpha value is -5.82. The van der Waals surface area contributed by atoms with Crippen molar-refractivity contribution in [3.05, 3.63) is 114 Å². The van der Waals surface area contributed by atoms with Gasteiger partial charge in [0.15, 0.2) is 5.69 Å². The number of nitrogens with one attached hydrogen (secondary N) is 4. The van der Waals surface area contributed by atoms with Gasteiger partial charge in [-0.25, -0.2) is 4.79 Å². The zero-order valence-corrected chi connectivity index (χ0v) is 25.0. The number of carbonyl (C=O) groups is 4. The lowest BCUT2D eigenvalue weighted by Gasteiger charge is -2.23. The van der Waals surface area contributed by atoms with Crippen molar-refractivity contribution in [1.29, 1.82) is 0 Å². The maximum atomic E-state index is 13.5. The third kappa shape index (κ3) is 7.63. The lowest BCUT2D eigenvalue weighted by Crippen LogP contribution is -2.57. The van der Waals surface area contributed by atoms with Crippen LogP contribution in [-0.2, 0) is 27.2 Å². The molecule has 0 aliphatic carbocycles. The fraction of sp³-hybridized carbons (Fsp3) is 0.212. The first-order valence-corrected chi connectivity index (χ1v) is 14.6. The minimum Gasteiger partial charge on any atom is -0.480 e. The maximum Gasteiger partial charge on any atom is 0.328 e. The van der Waals surface area contributed by atoms with Gasteiger partial charge in [-0.2, -0.15) is 9.90 Å². The number of benzene rings is 3. The van der Waals surface area contributed by atoms with Crippen LogP contribution in [-0.4, -0.2) is 73.4 Å². The van der Waals surface area contributed by atoms with Crippen molar-refractivity contribution in [2.75, 3.05) is 6.54 Å². The fourth-order valence-electron chi connectivity index (χ4n) is 4.98. The minimum atomic E-state index is -1.50. The number of carboxylic acid groups (broad SMARTS) is 1. The van der Waals surface area contributed by atoms with E-state index in [-0.39, 0.29) is 18.5 Å². The average molecular weight is 623 g/mol. The summed E-state index contributed by atoms with van der Waals surface area (Å²) >= 11 is 0. The Morgan fingerprint density at radius 1 is 0.848 bits per heavy atom. The number of nitrogens with two attached hydrogens (primary N) is 1. The van der Waals surface area contributed by atoms with Crippen molar-refractivity contribution < 1.29 is 24.3 Å². The van der Waals surface area contributed by atoms with Gasteiger partial charge in [0.25, 0.3) is 5.91 Å². The molecule has 0 saturated heterocycles. The second kappa shape index (κ2) is 14.3. The summed E-state index contributed by atoms with van der Waals surface area (Å²) in [5.41, 5.74) is 9.77. The third-order valence-corrected chi connectivity index (χ3v) is 7.43. The van der Waals surface area contributed by atoms with Crippen molar-refractivity contribution in [3.8, 4) is 5.69 Å². The molecule has 0 saturated carbocycles. The first-order valence-electron chi connectivity index (χ1n) is 14.6. The third-order valence-electron chi connectivity index (χ3n) is 7.43. The molecule has 0 aliphatic rings. The van der Waals surface area contributed by atoms with Crippen LogP contribution in [0, 0.1) is 6.92 Å². The maximum absolute atomic E-state index is 13.5. The number of hydrogen-bond acceptors (Lipinski definition) is 7. The number of aliphatic carboxylic acids is 1. The molecule has 0 fully saturated rings. The summed E-state index contributed by atoms with van der Waals surface area (Å²) in [5, 5.41) is 27.0. The quantitative estimate of drug-likeness (QED) is 0.114. The van der Waals surface area contributed by atoms with Gasteiger partial charge in [0.05, 0.1) is 17.4 Å². The predicted molar refractivity (Wildman–Crippen MR) is 170 cm³/mol. The first-order chi connectivity index (χ1) is 22.2. The lowest BCUT2D eigenvalue weighted by atomic mass is 10.0. The molecule has 0 unspecified atom stereocenters. The number of carbonyl (C=O) groups excluding carboxylic acids is 3. The first kappa shape index (κ1) is 31.6. The molecule has 7 N–H and O–H groups in total. The van der Waals surface area contributed by atoms with Crippen molar-refractivity contribution in [2.24, 2.45) is 5.73 Å². The summed E-state index contributed by atoms with van der Waals surface area (Å²) in [4.78, 5) is 56.2. The van der Waals surface area contributed by atoms with E-state index < -0.39 is 48.4 Å². The summed E-state index contributed by atoms with van der Waals surface area (Å²) in [6.07, 6.45) is 2.09. The summed E-state index contributed by atoms with van der Waals surface area (Å²) in [7, 11) is 0. The lowest BCUT2D eigenvalue weighted by molar-refractivity contribution is -0.142. The predicted octanol–water partition coefficient (Wildman–Crippen LogP) is 1.65. The molecule has 3 aromatic carbocycles. The van der Waals surface area contributed by atoms with E-state index >= 15 is 0 Å². The minimum absolute atomic E-state index is 0.0118. The molecular formula is C33H34N8O5. The summed E-state index contributed by atoms with van der Waals surface area (Å²) in [5.74, 6) is -3.35. The molecule has 13 nitrogen and oxygen atoms in total. The smallest absolute Gasteiger partial charge is 0.328 e. The molecule has 5 rings (SSSR count). The van der Waals surface area contributed by atoms with Gasteiger partial charge >= 0.3 is 5.97 Å². The van der Waals surface area contributed by atoms with E-state index in [2.05, 4.69) is 31.1 Å². The van der Waals surface area contributed by atoms with Crippen LogP contribution in [0.3, 0.4) is 0 Å². The molecule has 0 spiro atoms. The Morgan fingerprint density at radius 2 is 1.50 bits per heavy atom. The molecule has 0 radical (unpaired) electrons. The number of rotatable bonds is 13. The average Bonchev–Trinajstić information content (AvgIpc) is 3.66. The zero-order valence-electron chi connectivity index (χ0n) is 25.0. The second-order valence-electron chi connectivity index (χ2n) is 10.8. The molecule has 3 amide bonds. The SMILES string of the molecule is Cc1nn(-c2ccccc2)nc1C(=O)NC[C@H](NC(=O)[C@H](Cc1ccccc1)NC(=O)[C@@H](N)Cc1c[nH]c2ccccc12)C(=O)O. The number of para-hydroxylation sites is 2. The highest BCUT2D eigenvalue weighted by Gasteiger charge is 2.29. The molecule has 2 aromatic heterocycles. The monoisotopic (exact) mass is 622 g/mol. The Morgan fingerprint density at radius 3 is 2.22 bits per heavy atom. The van der Waals surface area contributed by atoms with E-state index in [4.69, 9.17) is 5.73 Å². The van der Waals surface area contributed by atoms with Crippen LogP contribution >= 0.6 is 0 Å². The van der Waals surface area contributed by atoms with Gasteiger partial charge in [-0.15, -0.1) is 5.10 Å². The Balaban J connectivity index is 1.25. The highest BCUT2D eigenvalue weighted by atomic mass is 16.4. The van der Waals surface area contributed by atoms with Crippen molar-refractivity contribution in [1.82, 2.24) is 35.9 Å². The molecule has 0 bridgehead atoms. The van der Waals surface area contributed by atoms with Crippen molar-refractivity contribution >= 4 is 34.6 Å². The van der Waals surface area contributed by atoms with Gasteiger partial charge in [0.2, 0.25) is 11.8 Å². The van der Waals surface area contributed by atoms with Crippen LogP contribution in [0.25, 0.3) is 16.6 Å². The number of amides is 3. The topological polar surface area (TPSA) is 197 Å². The van der Waals surface area contributed by atoms with Crippen LogP contribution in [0.2, 0.25) is 0 Å². The summed E-state index contributed by atoms with van der Waals surface area (Å²) < 4.78 is 0. The van der Waals surface area contributed by atoms with Crippen molar-refractivity contribution in [3.63, 3.8) is 0 Å². The number of nitrogens with zero attached hydrogens (tertiary/aromatic N) is 3. The standard InChI is InChI=1S/C33H34N8O5/c1-20-29(40-41(39-20)23-12-6-3-7-13-23)32(44)36-19-28(33(45)46)38-31(43)27(16-21-10-4-2-5-11-21)37-30(42)25(34)17-22-18-35-26-15-9-8-14-24(22)26/h2-15,18,25,27-28,35H,16-17,19,34H2,1H3,(H,36,44)(H,37,42)(H,38,43)(H,45,46)/t25-,27-,28-/m0/s1. The highest BCUT2D eigenvalue weighted by molar-refractivity contribution is 5.95.